The van der Waals surface area contributed by atoms with Crippen LogP contribution in [0.5, 0.6) is 0 Å². The van der Waals surface area contributed by atoms with Gasteiger partial charge in [0.15, 0.2) is 0 Å². The van der Waals surface area contributed by atoms with Gasteiger partial charge in [-0.15, -0.1) is 0 Å². The minimum atomic E-state index is -5.87. The first kappa shape index (κ1) is 15.1. The summed E-state index contributed by atoms with van der Waals surface area (Å²) in [5.74, 6) is -7.88. The Kier molecular flexibility index (Phi) is 4.52. The monoisotopic (exact) mass is 275 g/mol. The fraction of sp³-hybridized carbons (Fsp3) is 0.900. The first-order chi connectivity index (χ1) is 8.20. The number of rotatable bonds is 4. The molecule has 1 heterocycles. The predicted molar refractivity (Wildman–Crippen MR) is 52.1 cm³/mol. The largest absolute Gasteiger partial charge is 0.463 e. The quantitative estimate of drug-likeness (QED) is 0.798. The van der Waals surface area contributed by atoms with Crippen LogP contribution in [0.1, 0.15) is 19.8 Å². The Balaban J connectivity index is 2.51. The molecule has 1 aliphatic heterocycles. The van der Waals surface area contributed by atoms with E-state index < -0.39 is 18.0 Å². The Hall–Kier alpha value is -0.920. The molecule has 1 rings (SSSR count). The van der Waals surface area contributed by atoms with Crippen LogP contribution in [-0.4, -0.2) is 37.3 Å². The van der Waals surface area contributed by atoms with Crippen LogP contribution in [-0.2, 0) is 9.53 Å². The van der Waals surface area contributed by atoms with Gasteiger partial charge in [-0.1, -0.05) is 6.92 Å². The van der Waals surface area contributed by atoms with Gasteiger partial charge in [-0.2, -0.15) is 22.0 Å². The predicted octanol–water partition coefficient (Wildman–Crippen LogP) is 2.12. The molecule has 0 aliphatic carbocycles. The lowest BCUT2D eigenvalue weighted by molar-refractivity contribution is -0.269. The van der Waals surface area contributed by atoms with E-state index in [4.69, 9.17) is 4.74 Å². The molecule has 0 aromatic carbocycles. The summed E-state index contributed by atoms with van der Waals surface area (Å²) in [4.78, 5) is 10.8. The van der Waals surface area contributed by atoms with Crippen molar-refractivity contribution in [2.75, 3.05) is 13.2 Å². The maximum absolute atomic E-state index is 12.6. The minimum absolute atomic E-state index is 0.204. The second-order valence-electron chi connectivity index (χ2n) is 4.15. The lowest BCUT2D eigenvalue weighted by Crippen LogP contribution is -2.51. The molecule has 1 N–H and O–H groups in total. The van der Waals surface area contributed by atoms with Crippen molar-refractivity contribution in [3.8, 4) is 0 Å². The van der Waals surface area contributed by atoms with E-state index in [1.54, 1.807) is 5.32 Å². The van der Waals surface area contributed by atoms with E-state index in [0.29, 0.717) is 19.4 Å². The molecule has 0 radical (unpaired) electrons. The van der Waals surface area contributed by atoms with Crippen LogP contribution < -0.4 is 5.32 Å². The highest BCUT2D eigenvalue weighted by molar-refractivity contribution is 5.84. The molecule has 0 spiro atoms. The average Bonchev–Trinajstić information content (AvgIpc) is 2.71. The summed E-state index contributed by atoms with van der Waals surface area (Å²) < 4.78 is 66.1. The van der Waals surface area contributed by atoms with Gasteiger partial charge in [-0.05, 0) is 12.8 Å². The molecule has 18 heavy (non-hydrogen) atoms. The number of hydrogen-bond acceptors (Lipinski definition) is 2. The molecular formula is C10H14F5NO2. The van der Waals surface area contributed by atoms with Crippen LogP contribution >= 0.6 is 0 Å². The summed E-state index contributed by atoms with van der Waals surface area (Å²) in [7, 11) is 0. The normalized spacial score (nSPS) is 25.2. The molecule has 1 saturated heterocycles. The van der Waals surface area contributed by atoms with Crippen molar-refractivity contribution >= 4 is 5.91 Å². The summed E-state index contributed by atoms with van der Waals surface area (Å²) >= 11 is 0. The lowest BCUT2D eigenvalue weighted by Gasteiger charge is -2.21. The van der Waals surface area contributed by atoms with Crippen LogP contribution in [0.2, 0.25) is 0 Å². The maximum Gasteiger partial charge on any atom is 0.463 e. The van der Waals surface area contributed by atoms with Gasteiger partial charge in [-0.25, -0.2) is 0 Å². The molecule has 0 saturated carbocycles. The highest BCUT2D eigenvalue weighted by Crippen LogP contribution is 2.35. The Bertz CT molecular complexity index is 305. The SMILES string of the molecule is CCC1OCCC1CNC(=O)C(F)(F)C(F)(F)F. The summed E-state index contributed by atoms with van der Waals surface area (Å²) in [5.41, 5.74) is 0. The molecule has 0 aromatic rings. The summed E-state index contributed by atoms with van der Waals surface area (Å²) in [5, 5.41) is 1.65. The second-order valence-corrected chi connectivity index (χ2v) is 4.15. The molecule has 3 nitrogen and oxygen atoms in total. The lowest BCUT2D eigenvalue weighted by atomic mass is 9.99. The van der Waals surface area contributed by atoms with Crippen LogP contribution in [0.3, 0.4) is 0 Å². The van der Waals surface area contributed by atoms with Gasteiger partial charge in [0.25, 0.3) is 5.91 Å². The van der Waals surface area contributed by atoms with E-state index in [0.717, 1.165) is 0 Å². The summed E-state index contributed by atoms with van der Waals surface area (Å²) in [6.07, 6.45) is -4.91. The Morgan fingerprint density at radius 3 is 2.44 bits per heavy atom. The molecule has 1 fully saturated rings. The van der Waals surface area contributed by atoms with Crippen LogP contribution in [0.4, 0.5) is 22.0 Å². The molecule has 1 aliphatic rings. The second kappa shape index (κ2) is 5.38. The molecule has 0 aromatic heterocycles. The molecule has 1 amide bonds. The van der Waals surface area contributed by atoms with Gasteiger partial charge >= 0.3 is 12.1 Å². The van der Waals surface area contributed by atoms with Crippen molar-refractivity contribution in [2.24, 2.45) is 5.92 Å². The first-order valence-electron chi connectivity index (χ1n) is 5.54. The molecule has 8 heteroatoms. The van der Waals surface area contributed by atoms with Crippen molar-refractivity contribution in [1.29, 1.82) is 0 Å². The third-order valence-corrected chi connectivity index (χ3v) is 2.91. The van der Waals surface area contributed by atoms with Crippen LogP contribution in [0, 0.1) is 5.92 Å². The zero-order valence-electron chi connectivity index (χ0n) is 9.69. The summed E-state index contributed by atoms with van der Waals surface area (Å²) in [6.45, 7) is 2.01. The van der Waals surface area contributed by atoms with Gasteiger partial charge in [0.1, 0.15) is 0 Å². The fourth-order valence-corrected chi connectivity index (χ4v) is 1.84. The highest BCUT2D eigenvalue weighted by atomic mass is 19.4. The number of carbonyl (C=O) groups excluding carboxylic acids is 1. The number of nitrogens with one attached hydrogen (secondary N) is 1. The van der Waals surface area contributed by atoms with E-state index in [-0.39, 0.29) is 18.6 Å². The third kappa shape index (κ3) is 3.09. The molecule has 2 atom stereocenters. The topological polar surface area (TPSA) is 38.3 Å². The van der Waals surface area contributed by atoms with Crippen molar-refractivity contribution in [2.45, 2.75) is 38.0 Å². The average molecular weight is 275 g/mol. The van der Waals surface area contributed by atoms with E-state index in [2.05, 4.69) is 0 Å². The molecule has 2 unspecified atom stereocenters. The standard InChI is InChI=1S/C10H14F5NO2/c1-2-7-6(3-4-18-7)5-16-8(17)9(11,12)10(13,14)15/h6-7H,2-5H2,1H3,(H,16,17). The number of halogens is 5. The smallest absolute Gasteiger partial charge is 0.378 e. The Morgan fingerprint density at radius 2 is 1.94 bits per heavy atom. The van der Waals surface area contributed by atoms with Crippen molar-refractivity contribution < 1.29 is 31.5 Å². The maximum atomic E-state index is 12.6. The minimum Gasteiger partial charge on any atom is -0.378 e. The molecular weight excluding hydrogens is 261 g/mol. The van der Waals surface area contributed by atoms with Gasteiger partial charge in [-0.3, -0.25) is 4.79 Å². The van der Waals surface area contributed by atoms with Crippen molar-refractivity contribution in [3.63, 3.8) is 0 Å². The zero-order chi connectivity index (χ0) is 14.0. The Labute approximate surface area is 101 Å². The highest BCUT2D eigenvalue weighted by Gasteiger charge is 2.63. The van der Waals surface area contributed by atoms with Crippen molar-refractivity contribution in [3.05, 3.63) is 0 Å². The molecule has 0 bridgehead atoms. The van der Waals surface area contributed by atoms with Gasteiger partial charge in [0.2, 0.25) is 0 Å². The van der Waals surface area contributed by atoms with Crippen LogP contribution in [0.25, 0.3) is 0 Å². The number of amides is 1. The van der Waals surface area contributed by atoms with Gasteiger partial charge in [0, 0.05) is 19.1 Å². The van der Waals surface area contributed by atoms with Crippen molar-refractivity contribution in [1.82, 2.24) is 5.32 Å². The summed E-state index contributed by atoms with van der Waals surface area (Å²) in [6, 6.07) is 0. The Morgan fingerprint density at radius 1 is 1.33 bits per heavy atom. The zero-order valence-corrected chi connectivity index (χ0v) is 9.69. The van der Waals surface area contributed by atoms with Gasteiger partial charge in [0.05, 0.1) is 6.10 Å². The van der Waals surface area contributed by atoms with Crippen LogP contribution in [0.15, 0.2) is 0 Å². The van der Waals surface area contributed by atoms with E-state index in [1.807, 2.05) is 6.92 Å². The van der Waals surface area contributed by atoms with Gasteiger partial charge < -0.3 is 10.1 Å². The van der Waals surface area contributed by atoms with E-state index >= 15 is 0 Å². The number of ether oxygens (including phenoxy) is 1. The molecule has 106 valence electrons. The number of hydrogen-bond donors (Lipinski definition) is 1. The third-order valence-electron chi connectivity index (χ3n) is 2.91. The number of carbonyl (C=O) groups is 1. The van der Waals surface area contributed by atoms with E-state index in [1.165, 1.54) is 0 Å². The number of alkyl halides is 5. The van der Waals surface area contributed by atoms with E-state index in [9.17, 15) is 26.7 Å². The first-order valence-corrected chi connectivity index (χ1v) is 5.54. The fourth-order valence-electron chi connectivity index (χ4n) is 1.84.